The average molecular weight is 612 g/mol. The molecule has 1 unspecified atom stereocenters. The lowest BCUT2D eigenvalue weighted by Crippen LogP contribution is -2.48. The topological polar surface area (TPSA) is 116 Å². The summed E-state index contributed by atoms with van der Waals surface area (Å²) in [4.78, 5) is 19.6. The molecule has 0 radical (unpaired) electrons. The Bertz CT molecular complexity index is 1370. The molecule has 2 aliphatic rings. The molecule has 2 saturated heterocycles. The molecule has 3 aromatic rings. The van der Waals surface area contributed by atoms with Gasteiger partial charge in [0.25, 0.3) is 0 Å². The van der Waals surface area contributed by atoms with Gasteiger partial charge in [0.2, 0.25) is 11.7 Å². The summed E-state index contributed by atoms with van der Waals surface area (Å²) in [5.41, 5.74) is 1.40. The van der Waals surface area contributed by atoms with Crippen LogP contribution in [0.4, 0.5) is 5.69 Å². The van der Waals surface area contributed by atoms with Gasteiger partial charge in [-0.1, -0.05) is 29.3 Å². The summed E-state index contributed by atoms with van der Waals surface area (Å²) in [7, 11) is 0. The average Bonchev–Trinajstić information content (AvgIpc) is 3.58. The van der Waals surface area contributed by atoms with E-state index in [0.29, 0.717) is 41.8 Å². The van der Waals surface area contributed by atoms with Crippen molar-refractivity contribution in [2.45, 2.75) is 25.4 Å². The number of aromatic nitrogens is 2. The first-order valence-corrected chi connectivity index (χ1v) is 14.3. The number of anilines is 1. The number of hydrogen-bond acceptors (Lipinski definition) is 8. The van der Waals surface area contributed by atoms with E-state index in [2.05, 4.69) is 9.88 Å². The first kappa shape index (κ1) is 28.7. The van der Waals surface area contributed by atoms with Crippen LogP contribution in [-0.2, 0) is 38.0 Å². The molecule has 2 aromatic carbocycles. The Kier molecular flexibility index (Phi) is 8.83. The fourth-order valence-corrected chi connectivity index (χ4v) is 5.63. The molecule has 2 fully saturated rings. The standard InChI is InChI=1S/C26H28Cl2N4O7S/c1-18(33)31-8-10-32(11-9-31)20-3-5-24(25(13-20)39-40(34)35)36-14-21-15-37-26(38-21,16-30-7-6-29-17-30)22-4-2-19(27)12-23(22)28/h2-7,12-13,17,21H,8-11,14-16H2,1H3,(H,34,35)/t21-,26-/m0/s1. The van der Waals surface area contributed by atoms with Crippen molar-refractivity contribution in [2.24, 2.45) is 0 Å². The lowest BCUT2D eigenvalue weighted by Gasteiger charge is -2.35. The molecule has 0 saturated carbocycles. The minimum absolute atomic E-state index is 0.0357. The van der Waals surface area contributed by atoms with Gasteiger partial charge in [-0.25, -0.2) is 4.98 Å². The highest BCUT2D eigenvalue weighted by atomic mass is 35.5. The van der Waals surface area contributed by atoms with Crippen molar-refractivity contribution in [3.63, 3.8) is 0 Å². The number of hydrogen-bond donors (Lipinski definition) is 1. The van der Waals surface area contributed by atoms with Gasteiger partial charge in [-0.2, -0.15) is 4.21 Å². The van der Waals surface area contributed by atoms with Crippen molar-refractivity contribution in [2.75, 3.05) is 44.3 Å². The highest BCUT2D eigenvalue weighted by Crippen LogP contribution is 2.41. The molecule has 14 heteroatoms. The minimum Gasteiger partial charge on any atom is -0.487 e. The summed E-state index contributed by atoms with van der Waals surface area (Å²) in [6, 6.07) is 10.3. The molecule has 1 N–H and O–H groups in total. The third-order valence-electron chi connectivity index (χ3n) is 6.75. The minimum atomic E-state index is -2.56. The number of amides is 1. The van der Waals surface area contributed by atoms with E-state index in [9.17, 15) is 13.6 Å². The van der Waals surface area contributed by atoms with Crippen molar-refractivity contribution >= 4 is 46.2 Å². The van der Waals surface area contributed by atoms with E-state index in [4.69, 9.17) is 41.6 Å². The number of piperazine rings is 1. The number of carbonyl (C=O) groups excluding carboxylic acids is 1. The van der Waals surface area contributed by atoms with Crippen molar-refractivity contribution in [1.29, 1.82) is 0 Å². The molecule has 3 heterocycles. The van der Waals surface area contributed by atoms with Crippen molar-refractivity contribution in [3.8, 4) is 11.5 Å². The number of nitrogens with zero attached hydrogens (tertiary/aromatic N) is 4. The molecule has 11 nitrogen and oxygen atoms in total. The lowest BCUT2D eigenvalue weighted by molar-refractivity contribution is -0.189. The van der Waals surface area contributed by atoms with Crippen LogP contribution in [0, 0.1) is 0 Å². The van der Waals surface area contributed by atoms with E-state index in [-0.39, 0.29) is 37.2 Å². The van der Waals surface area contributed by atoms with E-state index < -0.39 is 23.3 Å². The molecule has 1 aromatic heterocycles. The van der Waals surface area contributed by atoms with Crippen LogP contribution in [0.5, 0.6) is 11.5 Å². The maximum atomic E-state index is 11.6. The fourth-order valence-electron chi connectivity index (χ4n) is 4.79. The third-order valence-corrected chi connectivity index (χ3v) is 7.62. The van der Waals surface area contributed by atoms with E-state index in [1.165, 1.54) is 0 Å². The Morgan fingerprint density at radius 1 is 1.18 bits per heavy atom. The highest BCUT2D eigenvalue weighted by molar-refractivity contribution is 7.74. The molecular formula is C26H28Cl2N4O7S. The lowest BCUT2D eigenvalue weighted by atomic mass is 10.1. The van der Waals surface area contributed by atoms with Gasteiger partial charge >= 0.3 is 11.4 Å². The summed E-state index contributed by atoms with van der Waals surface area (Å²) in [6.45, 7) is 4.54. The summed E-state index contributed by atoms with van der Waals surface area (Å²) >= 11 is 10.1. The number of ether oxygens (including phenoxy) is 3. The monoisotopic (exact) mass is 610 g/mol. The molecule has 1 amide bonds. The van der Waals surface area contributed by atoms with Gasteiger partial charge in [0.15, 0.2) is 11.5 Å². The zero-order valence-corrected chi connectivity index (χ0v) is 23.9. The second-order valence-electron chi connectivity index (χ2n) is 9.40. The van der Waals surface area contributed by atoms with Gasteiger partial charge in [-0.05, 0) is 24.3 Å². The van der Waals surface area contributed by atoms with Crippen LogP contribution in [0.3, 0.4) is 0 Å². The van der Waals surface area contributed by atoms with E-state index >= 15 is 0 Å². The van der Waals surface area contributed by atoms with Crippen molar-refractivity contribution in [1.82, 2.24) is 14.5 Å². The maximum Gasteiger partial charge on any atom is 0.357 e. The quantitative estimate of drug-likeness (QED) is 0.362. The smallest absolute Gasteiger partial charge is 0.357 e. The first-order valence-electron chi connectivity index (χ1n) is 12.5. The van der Waals surface area contributed by atoms with Gasteiger partial charge in [-0.3, -0.25) is 9.35 Å². The van der Waals surface area contributed by atoms with Gasteiger partial charge in [-0.15, -0.1) is 0 Å². The molecule has 0 spiro atoms. The van der Waals surface area contributed by atoms with E-state index in [1.807, 2.05) is 10.6 Å². The summed E-state index contributed by atoms with van der Waals surface area (Å²) in [6.07, 6.45) is 4.61. The SMILES string of the molecule is CC(=O)N1CCN(c2ccc(OC[C@H]3CO[C@](Cn4ccnc4)(c4ccc(Cl)cc4Cl)O3)c(OS(=O)O)c2)CC1. The predicted molar refractivity (Wildman–Crippen MR) is 149 cm³/mol. The van der Waals surface area contributed by atoms with Crippen molar-refractivity contribution < 1.29 is 31.9 Å². The molecule has 3 atom stereocenters. The molecule has 214 valence electrons. The Morgan fingerprint density at radius 2 is 1.98 bits per heavy atom. The van der Waals surface area contributed by atoms with Crippen molar-refractivity contribution in [3.05, 3.63) is 70.7 Å². The molecule has 0 aliphatic carbocycles. The van der Waals surface area contributed by atoms with E-state index in [1.54, 1.807) is 60.9 Å². The molecule has 2 aliphatic heterocycles. The van der Waals surface area contributed by atoms with Crippen LogP contribution in [0.15, 0.2) is 55.1 Å². The van der Waals surface area contributed by atoms with Crippen LogP contribution < -0.4 is 13.8 Å². The third kappa shape index (κ3) is 6.54. The number of carbonyl (C=O) groups is 1. The van der Waals surface area contributed by atoms with Crippen LogP contribution in [-0.4, -0.2) is 74.6 Å². The Hall–Kier alpha value is -2.87. The van der Waals surface area contributed by atoms with Crippen LogP contribution in [0.2, 0.25) is 10.0 Å². The molecule has 0 bridgehead atoms. The number of benzene rings is 2. The van der Waals surface area contributed by atoms with Crippen LogP contribution in [0.1, 0.15) is 12.5 Å². The van der Waals surface area contributed by atoms with Gasteiger partial charge < -0.3 is 32.8 Å². The normalized spacial score (nSPS) is 21.9. The number of rotatable bonds is 9. The van der Waals surface area contributed by atoms with E-state index in [0.717, 1.165) is 5.69 Å². The molecule has 5 rings (SSSR count). The second-order valence-corrected chi connectivity index (χ2v) is 10.8. The second kappa shape index (κ2) is 12.3. The Morgan fingerprint density at radius 3 is 2.65 bits per heavy atom. The molecule has 40 heavy (non-hydrogen) atoms. The van der Waals surface area contributed by atoms with Gasteiger partial charge in [0.05, 0.1) is 24.5 Å². The summed E-state index contributed by atoms with van der Waals surface area (Å²) in [5.74, 6) is -0.798. The van der Waals surface area contributed by atoms with Crippen LogP contribution in [0.25, 0.3) is 0 Å². The number of halogens is 2. The van der Waals surface area contributed by atoms with Gasteiger partial charge in [0, 0.05) is 67.8 Å². The predicted octanol–water partition coefficient (Wildman–Crippen LogP) is 3.72. The fraction of sp³-hybridized carbons (Fsp3) is 0.385. The Balaban J connectivity index is 1.31. The highest BCUT2D eigenvalue weighted by Gasteiger charge is 2.45. The summed E-state index contributed by atoms with van der Waals surface area (Å²) < 4.78 is 46.6. The largest absolute Gasteiger partial charge is 0.487 e. The Labute approximate surface area is 244 Å². The molecular weight excluding hydrogens is 583 g/mol. The zero-order valence-electron chi connectivity index (χ0n) is 21.6. The van der Waals surface area contributed by atoms with Gasteiger partial charge in [0.1, 0.15) is 12.7 Å². The maximum absolute atomic E-state index is 11.6. The number of imidazole rings is 1. The summed E-state index contributed by atoms with van der Waals surface area (Å²) in [5, 5.41) is 0.886. The van der Waals surface area contributed by atoms with Crippen LogP contribution >= 0.6 is 23.2 Å². The zero-order chi connectivity index (χ0) is 28.3. The first-order chi connectivity index (χ1) is 19.2.